The van der Waals surface area contributed by atoms with E-state index in [-0.39, 0.29) is 5.60 Å². The lowest BCUT2D eigenvalue weighted by Gasteiger charge is -2.52. The molecule has 2 heterocycles. The van der Waals surface area contributed by atoms with Gasteiger partial charge in [0, 0.05) is 18.5 Å². The first-order valence-corrected chi connectivity index (χ1v) is 5.41. The van der Waals surface area contributed by atoms with Gasteiger partial charge in [-0.1, -0.05) is 0 Å². The highest BCUT2D eigenvalue weighted by Crippen LogP contribution is 2.37. The van der Waals surface area contributed by atoms with Gasteiger partial charge in [0.25, 0.3) is 0 Å². The molecule has 0 unspecified atom stereocenters. The molecule has 0 radical (unpaired) electrons. The highest BCUT2D eigenvalue weighted by molar-refractivity contribution is 4.96. The fraction of sp³-hybridized carbons (Fsp3) is 1.00. The molecule has 13 heavy (non-hydrogen) atoms. The normalized spacial score (nSPS) is 36.2. The van der Waals surface area contributed by atoms with E-state index in [1.807, 2.05) is 0 Å². The fourth-order valence-corrected chi connectivity index (χ4v) is 2.38. The van der Waals surface area contributed by atoms with E-state index < -0.39 is 0 Å². The van der Waals surface area contributed by atoms with Crippen molar-refractivity contribution in [2.24, 2.45) is 0 Å². The molecule has 0 amide bonds. The predicted octanol–water partition coefficient (Wildman–Crippen LogP) is 2.04. The Bertz CT molecular complexity index is 191. The Hall–Kier alpha value is -0.0800. The molecule has 1 atom stereocenters. The topological polar surface area (TPSA) is 12.5 Å². The third kappa shape index (κ3) is 1.75. The fourth-order valence-electron chi connectivity index (χ4n) is 2.38. The van der Waals surface area contributed by atoms with Crippen molar-refractivity contribution in [3.05, 3.63) is 0 Å². The summed E-state index contributed by atoms with van der Waals surface area (Å²) in [7, 11) is 0. The maximum atomic E-state index is 5.74. The molecule has 0 aromatic heterocycles. The third-order valence-corrected chi connectivity index (χ3v) is 3.45. The number of piperidine rings is 1. The summed E-state index contributed by atoms with van der Waals surface area (Å²) in [5, 5.41) is 0. The number of hydrogen-bond acceptors (Lipinski definition) is 2. The van der Waals surface area contributed by atoms with Crippen molar-refractivity contribution in [1.82, 2.24) is 4.90 Å². The molecule has 2 heteroatoms. The van der Waals surface area contributed by atoms with Gasteiger partial charge in [-0.2, -0.15) is 0 Å². The van der Waals surface area contributed by atoms with E-state index in [0.717, 1.165) is 13.2 Å². The second kappa shape index (κ2) is 2.96. The second-order valence-electron chi connectivity index (χ2n) is 5.48. The Labute approximate surface area is 81.3 Å². The van der Waals surface area contributed by atoms with Crippen LogP contribution in [0.1, 0.15) is 40.0 Å². The van der Waals surface area contributed by atoms with Crippen molar-refractivity contribution >= 4 is 0 Å². The lowest BCUT2D eigenvalue weighted by Crippen LogP contribution is -2.59. The minimum Gasteiger partial charge on any atom is -0.373 e. The lowest BCUT2D eigenvalue weighted by atomic mass is 9.84. The van der Waals surface area contributed by atoms with Crippen molar-refractivity contribution in [3.8, 4) is 0 Å². The Kier molecular flexibility index (Phi) is 2.16. The summed E-state index contributed by atoms with van der Waals surface area (Å²) in [6.07, 6.45) is 3.86. The molecule has 0 aromatic carbocycles. The van der Waals surface area contributed by atoms with E-state index in [9.17, 15) is 0 Å². The van der Waals surface area contributed by atoms with E-state index in [0.29, 0.717) is 5.54 Å². The molecule has 2 saturated heterocycles. The Morgan fingerprint density at radius 3 is 2.38 bits per heavy atom. The van der Waals surface area contributed by atoms with Gasteiger partial charge >= 0.3 is 0 Å². The molecule has 1 spiro atoms. The lowest BCUT2D eigenvalue weighted by molar-refractivity contribution is -0.185. The molecule has 0 saturated carbocycles. The molecular formula is C11H21NO. The van der Waals surface area contributed by atoms with E-state index in [1.165, 1.54) is 25.8 Å². The molecular weight excluding hydrogens is 162 g/mol. The average Bonchev–Trinajstić information content (AvgIpc) is 2.00. The van der Waals surface area contributed by atoms with Crippen LogP contribution in [0, 0.1) is 0 Å². The van der Waals surface area contributed by atoms with Crippen LogP contribution in [-0.4, -0.2) is 35.7 Å². The maximum Gasteiger partial charge on any atom is 0.0831 e. The van der Waals surface area contributed by atoms with Crippen molar-refractivity contribution in [1.29, 1.82) is 0 Å². The molecule has 76 valence electrons. The molecule has 2 nitrogen and oxygen atoms in total. The van der Waals surface area contributed by atoms with Gasteiger partial charge in [-0.25, -0.2) is 0 Å². The van der Waals surface area contributed by atoms with Gasteiger partial charge in [-0.05, 0) is 40.2 Å². The van der Waals surface area contributed by atoms with Crippen LogP contribution in [0.25, 0.3) is 0 Å². The van der Waals surface area contributed by atoms with Crippen LogP contribution in [0.15, 0.2) is 0 Å². The standard InChI is InChI=1S/C11H21NO/c1-10(2,3)12-7-4-5-11(9-12)6-8-13-11/h4-9H2,1-3H3/t11-/m1/s1. The molecule has 2 aliphatic heterocycles. The first kappa shape index (κ1) is 9.47. The quantitative estimate of drug-likeness (QED) is 0.570. The van der Waals surface area contributed by atoms with Crippen LogP contribution < -0.4 is 0 Å². The molecule has 2 rings (SSSR count). The van der Waals surface area contributed by atoms with Gasteiger partial charge < -0.3 is 4.74 Å². The molecule has 2 aliphatic rings. The summed E-state index contributed by atoms with van der Waals surface area (Å²) in [5.41, 5.74) is 0.567. The molecule has 0 bridgehead atoms. The largest absolute Gasteiger partial charge is 0.373 e. The summed E-state index contributed by atoms with van der Waals surface area (Å²) < 4.78 is 5.74. The van der Waals surface area contributed by atoms with Gasteiger partial charge in [0.1, 0.15) is 0 Å². The summed E-state index contributed by atoms with van der Waals surface area (Å²) >= 11 is 0. The van der Waals surface area contributed by atoms with Gasteiger partial charge in [-0.3, -0.25) is 4.90 Å². The first-order chi connectivity index (χ1) is 6.02. The highest BCUT2D eigenvalue weighted by Gasteiger charge is 2.43. The zero-order chi connectivity index (χ0) is 9.53. The Balaban J connectivity index is 2.00. The third-order valence-electron chi connectivity index (χ3n) is 3.45. The minimum atomic E-state index is 0.255. The zero-order valence-corrected chi connectivity index (χ0v) is 9.10. The molecule has 0 aliphatic carbocycles. The van der Waals surface area contributed by atoms with Crippen LogP contribution in [0.4, 0.5) is 0 Å². The summed E-state index contributed by atoms with van der Waals surface area (Å²) in [6.45, 7) is 10.3. The highest BCUT2D eigenvalue weighted by atomic mass is 16.5. The maximum absolute atomic E-state index is 5.74. The summed E-state index contributed by atoms with van der Waals surface area (Å²) in [5.74, 6) is 0. The van der Waals surface area contributed by atoms with Crippen LogP contribution in [0.2, 0.25) is 0 Å². The van der Waals surface area contributed by atoms with Crippen LogP contribution in [0.3, 0.4) is 0 Å². The SMILES string of the molecule is CC(C)(C)N1CCC[C@@]2(CCO2)C1. The van der Waals surface area contributed by atoms with Crippen molar-refractivity contribution < 1.29 is 4.74 Å². The van der Waals surface area contributed by atoms with E-state index >= 15 is 0 Å². The van der Waals surface area contributed by atoms with Crippen molar-refractivity contribution in [2.75, 3.05) is 19.7 Å². The smallest absolute Gasteiger partial charge is 0.0831 e. The number of hydrogen-bond donors (Lipinski definition) is 0. The predicted molar refractivity (Wildman–Crippen MR) is 53.9 cm³/mol. The van der Waals surface area contributed by atoms with Crippen LogP contribution in [0.5, 0.6) is 0 Å². The average molecular weight is 183 g/mol. The van der Waals surface area contributed by atoms with Gasteiger partial charge in [0.2, 0.25) is 0 Å². The molecule has 2 fully saturated rings. The van der Waals surface area contributed by atoms with Crippen molar-refractivity contribution in [2.45, 2.75) is 51.2 Å². The molecule has 0 N–H and O–H groups in total. The van der Waals surface area contributed by atoms with Crippen LogP contribution >= 0.6 is 0 Å². The van der Waals surface area contributed by atoms with Gasteiger partial charge in [-0.15, -0.1) is 0 Å². The van der Waals surface area contributed by atoms with Gasteiger partial charge in [0.05, 0.1) is 12.2 Å². The first-order valence-electron chi connectivity index (χ1n) is 5.41. The number of nitrogens with zero attached hydrogens (tertiary/aromatic N) is 1. The second-order valence-corrected chi connectivity index (χ2v) is 5.48. The van der Waals surface area contributed by atoms with E-state index in [2.05, 4.69) is 25.7 Å². The molecule has 0 aromatic rings. The van der Waals surface area contributed by atoms with Gasteiger partial charge in [0.15, 0.2) is 0 Å². The zero-order valence-electron chi connectivity index (χ0n) is 9.10. The summed E-state index contributed by atoms with van der Waals surface area (Å²) in [4.78, 5) is 2.57. The Morgan fingerprint density at radius 2 is 1.92 bits per heavy atom. The monoisotopic (exact) mass is 183 g/mol. The Morgan fingerprint density at radius 1 is 1.23 bits per heavy atom. The van der Waals surface area contributed by atoms with Crippen LogP contribution in [-0.2, 0) is 4.74 Å². The van der Waals surface area contributed by atoms with E-state index in [1.54, 1.807) is 0 Å². The van der Waals surface area contributed by atoms with Crippen molar-refractivity contribution in [3.63, 3.8) is 0 Å². The van der Waals surface area contributed by atoms with E-state index in [4.69, 9.17) is 4.74 Å². The number of ether oxygens (including phenoxy) is 1. The number of rotatable bonds is 0. The minimum absolute atomic E-state index is 0.255. The number of likely N-dealkylation sites (tertiary alicyclic amines) is 1. The summed E-state index contributed by atoms with van der Waals surface area (Å²) in [6, 6.07) is 0.